The first-order valence-corrected chi connectivity index (χ1v) is 9.08. The van der Waals surface area contributed by atoms with Crippen molar-refractivity contribution in [2.75, 3.05) is 12.4 Å². The minimum atomic E-state index is -0.990. The monoisotopic (exact) mass is 403 g/mol. The number of ether oxygens (including phenoxy) is 1. The van der Waals surface area contributed by atoms with Crippen LogP contribution in [0.25, 0.3) is 0 Å². The number of alkyl halides is 1. The lowest BCUT2D eigenvalue weighted by Crippen LogP contribution is -2.33. The highest BCUT2D eigenvalue weighted by atomic mass is 35.5. The molecule has 2 amide bonds. The predicted molar refractivity (Wildman–Crippen MR) is 107 cm³/mol. The van der Waals surface area contributed by atoms with Gasteiger partial charge in [-0.15, -0.1) is 11.6 Å². The highest BCUT2D eigenvalue weighted by Crippen LogP contribution is 2.24. The maximum Gasteiger partial charge on any atom is 0.328 e. The number of pyridine rings is 1. The van der Waals surface area contributed by atoms with Gasteiger partial charge in [0.25, 0.3) is 11.8 Å². The number of aryl methyl sites for hydroxylation is 1. The summed E-state index contributed by atoms with van der Waals surface area (Å²) in [7, 11) is 1.25. The van der Waals surface area contributed by atoms with Crippen molar-refractivity contribution in [2.24, 2.45) is 0 Å². The molecule has 7 nitrogen and oxygen atoms in total. The van der Waals surface area contributed by atoms with Crippen LogP contribution in [-0.4, -0.2) is 35.9 Å². The fraction of sp³-hybridized carbons (Fsp3) is 0.300. The minimum Gasteiger partial charge on any atom is -0.468 e. The Kier molecular flexibility index (Phi) is 7.12. The molecule has 0 saturated carbocycles. The Morgan fingerprint density at radius 1 is 1.11 bits per heavy atom. The molecule has 8 heteroatoms. The van der Waals surface area contributed by atoms with Crippen LogP contribution >= 0.6 is 11.6 Å². The van der Waals surface area contributed by atoms with Crippen molar-refractivity contribution in [3.8, 4) is 0 Å². The number of benzene rings is 1. The third-order valence-electron chi connectivity index (χ3n) is 3.76. The van der Waals surface area contributed by atoms with Gasteiger partial charge in [-0.2, -0.15) is 0 Å². The van der Waals surface area contributed by atoms with Crippen LogP contribution < -0.4 is 10.6 Å². The summed E-state index contributed by atoms with van der Waals surface area (Å²) in [6.07, 6.45) is 0. The molecule has 2 aromatic rings. The molecule has 1 atom stereocenters. The molecular formula is C20H22ClN3O4. The second kappa shape index (κ2) is 9.32. The van der Waals surface area contributed by atoms with Gasteiger partial charge in [0.15, 0.2) is 5.38 Å². The Hall–Kier alpha value is -2.93. The summed E-state index contributed by atoms with van der Waals surface area (Å²) in [5.74, 6) is -1.52. The maximum absolute atomic E-state index is 12.8. The van der Waals surface area contributed by atoms with E-state index in [0.717, 1.165) is 0 Å². The Morgan fingerprint density at radius 3 is 2.46 bits per heavy atom. The maximum atomic E-state index is 12.8. The number of amides is 2. The van der Waals surface area contributed by atoms with Gasteiger partial charge < -0.3 is 15.4 Å². The van der Waals surface area contributed by atoms with E-state index in [1.165, 1.54) is 7.11 Å². The Bertz CT molecular complexity index is 899. The number of nitrogens with zero attached hydrogens (tertiary/aromatic N) is 1. The van der Waals surface area contributed by atoms with Gasteiger partial charge in [0.05, 0.1) is 12.7 Å². The summed E-state index contributed by atoms with van der Waals surface area (Å²) in [6, 6.07) is 9.64. The summed E-state index contributed by atoms with van der Waals surface area (Å²) in [5, 5.41) is 4.46. The molecule has 28 heavy (non-hydrogen) atoms. The fourth-order valence-corrected chi connectivity index (χ4v) is 2.68. The standard InChI is InChI=1S/C20H22ClN3O4/c1-11(2)22-19(26)17-15(9-8-12(3)23-17)18(25)24-14-7-5-6-13(10-14)16(21)20(27)28-4/h5-11,16H,1-4H3,(H,22,26)(H,24,25). The first-order valence-electron chi connectivity index (χ1n) is 8.64. The summed E-state index contributed by atoms with van der Waals surface area (Å²) in [6.45, 7) is 5.39. The molecule has 0 bridgehead atoms. The number of rotatable bonds is 6. The zero-order chi connectivity index (χ0) is 20.8. The third-order valence-corrected chi connectivity index (χ3v) is 4.19. The molecule has 1 aromatic heterocycles. The van der Waals surface area contributed by atoms with Gasteiger partial charge in [0, 0.05) is 17.4 Å². The highest BCUT2D eigenvalue weighted by Gasteiger charge is 2.21. The minimum absolute atomic E-state index is 0.0483. The summed E-state index contributed by atoms with van der Waals surface area (Å²) in [4.78, 5) is 41.0. The quantitative estimate of drug-likeness (QED) is 0.570. The summed E-state index contributed by atoms with van der Waals surface area (Å²) >= 11 is 6.06. The van der Waals surface area contributed by atoms with Crippen molar-refractivity contribution in [1.82, 2.24) is 10.3 Å². The number of hydrogen-bond donors (Lipinski definition) is 2. The second-order valence-corrected chi connectivity index (χ2v) is 6.88. The van der Waals surface area contributed by atoms with Crippen molar-refractivity contribution in [2.45, 2.75) is 32.2 Å². The molecule has 148 valence electrons. The van der Waals surface area contributed by atoms with E-state index in [1.807, 2.05) is 13.8 Å². The lowest BCUT2D eigenvalue weighted by Gasteiger charge is -2.13. The van der Waals surface area contributed by atoms with E-state index in [0.29, 0.717) is 16.9 Å². The van der Waals surface area contributed by atoms with Crippen molar-refractivity contribution in [3.05, 3.63) is 58.9 Å². The van der Waals surface area contributed by atoms with Crippen LogP contribution in [0.3, 0.4) is 0 Å². The molecule has 2 rings (SSSR count). The van der Waals surface area contributed by atoms with E-state index in [1.54, 1.807) is 43.3 Å². The molecule has 0 aliphatic heterocycles. The molecule has 0 aliphatic carbocycles. The van der Waals surface area contributed by atoms with E-state index in [-0.39, 0.29) is 17.3 Å². The first-order chi connectivity index (χ1) is 13.2. The fourth-order valence-electron chi connectivity index (χ4n) is 2.46. The number of halogens is 1. The van der Waals surface area contributed by atoms with Crippen molar-refractivity contribution in [3.63, 3.8) is 0 Å². The molecule has 0 spiro atoms. The van der Waals surface area contributed by atoms with Gasteiger partial charge >= 0.3 is 5.97 Å². The molecule has 1 heterocycles. The average molecular weight is 404 g/mol. The lowest BCUT2D eigenvalue weighted by atomic mass is 10.1. The predicted octanol–water partition coefficient (Wildman–Crippen LogP) is 3.23. The van der Waals surface area contributed by atoms with Gasteiger partial charge in [-0.3, -0.25) is 14.4 Å². The van der Waals surface area contributed by atoms with E-state index in [9.17, 15) is 14.4 Å². The number of anilines is 1. The zero-order valence-electron chi connectivity index (χ0n) is 16.1. The summed E-state index contributed by atoms with van der Waals surface area (Å²) < 4.78 is 4.63. The second-order valence-electron chi connectivity index (χ2n) is 6.44. The van der Waals surface area contributed by atoms with Crippen molar-refractivity contribution in [1.29, 1.82) is 0 Å². The number of esters is 1. The van der Waals surface area contributed by atoms with E-state index >= 15 is 0 Å². The number of hydrogen-bond acceptors (Lipinski definition) is 5. The van der Waals surface area contributed by atoms with Crippen LogP contribution in [0.5, 0.6) is 0 Å². The topological polar surface area (TPSA) is 97.4 Å². The normalized spacial score (nSPS) is 11.6. The van der Waals surface area contributed by atoms with Crippen LogP contribution in [0, 0.1) is 6.92 Å². The Labute approximate surface area is 168 Å². The largest absolute Gasteiger partial charge is 0.468 e. The molecule has 0 saturated heterocycles. The molecule has 1 aromatic carbocycles. The van der Waals surface area contributed by atoms with E-state index in [4.69, 9.17) is 11.6 Å². The van der Waals surface area contributed by atoms with E-state index in [2.05, 4.69) is 20.4 Å². The van der Waals surface area contributed by atoms with Gasteiger partial charge in [-0.05, 0) is 50.6 Å². The lowest BCUT2D eigenvalue weighted by molar-refractivity contribution is -0.140. The number of nitrogens with one attached hydrogen (secondary N) is 2. The van der Waals surface area contributed by atoms with E-state index < -0.39 is 23.2 Å². The number of aromatic nitrogens is 1. The van der Waals surface area contributed by atoms with Crippen molar-refractivity contribution < 1.29 is 19.1 Å². The number of carbonyl (C=O) groups is 3. The van der Waals surface area contributed by atoms with Gasteiger partial charge in [-0.1, -0.05) is 12.1 Å². The smallest absolute Gasteiger partial charge is 0.328 e. The molecule has 1 unspecified atom stereocenters. The number of carbonyl (C=O) groups excluding carboxylic acids is 3. The molecule has 0 radical (unpaired) electrons. The van der Waals surface area contributed by atoms with Gasteiger partial charge in [0.2, 0.25) is 0 Å². The molecule has 2 N–H and O–H groups in total. The average Bonchev–Trinajstić information content (AvgIpc) is 2.66. The third kappa shape index (κ3) is 5.29. The van der Waals surface area contributed by atoms with Crippen LogP contribution in [0.15, 0.2) is 36.4 Å². The van der Waals surface area contributed by atoms with Crippen LogP contribution in [0.2, 0.25) is 0 Å². The molecule has 0 aliphatic rings. The molecule has 0 fully saturated rings. The molecular weight excluding hydrogens is 382 g/mol. The zero-order valence-corrected chi connectivity index (χ0v) is 16.8. The number of methoxy groups -OCH3 is 1. The van der Waals surface area contributed by atoms with Crippen LogP contribution in [0.1, 0.15) is 51.3 Å². The van der Waals surface area contributed by atoms with Gasteiger partial charge in [0.1, 0.15) is 5.69 Å². The highest BCUT2D eigenvalue weighted by molar-refractivity contribution is 6.30. The Balaban J connectivity index is 2.28. The van der Waals surface area contributed by atoms with Gasteiger partial charge in [-0.25, -0.2) is 4.98 Å². The van der Waals surface area contributed by atoms with Crippen molar-refractivity contribution >= 4 is 35.1 Å². The van der Waals surface area contributed by atoms with Crippen LogP contribution in [0.4, 0.5) is 5.69 Å². The summed E-state index contributed by atoms with van der Waals surface area (Å²) in [5.41, 5.74) is 1.71. The SMILES string of the molecule is COC(=O)C(Cl)c1cccc(NC(=O)c2ccc(C)nc2C(=O)NC(C)C)c1. The first kappa shape index (κ1) is 21.4. The Morgan fingerprint density at radius 2 is 1.82 bits per heavy atom. The van der Waals surface area contributed by atoms with Crippen LogP contribution in [-0.2, 0) is 9.53 Å².